The molecule has 0 aliphatic rings. The van der Waals surface area contributed by atoms with Gasteiger partial charge in [-0.05, 0) is 60.3 Å². The fraction of sp³-hybridized carbons (Fsp3) is 0.815. The molecule has 0 rings (SSSR count). The number of alkyl carbamates (subject to hydrolysis) is 1. The maximum Gasteiger partial charge on any atom is 0.437 e. The first-order valence-corrected chi connectivity index (χ1v) is 14.2. The van der Waals surface area contributed by atoms with Crippen molar-refractivity contribution in [1.29, 1.82) is 0 Å². The number of alkyl halides is 6. The van der Waals surface area contributed by atoms with Gasteiger partial charge in [0.25, 0.3) is 0 Å². The predicted molar refractivity (Wildman–Crippen MR) is 153 cm³/mol. The van der Waals surface area contributed by atoms with Crippen molar-refractivity contribution >= 4 is 30.0 Å². The number of ether oxygens (including phenoxy) is 3. The van der Waals surface area contributed by atoms with Crippen LogP contribution in [0.1, 0.15) is 75.2 Å². The van der Waals surface area contributed by atoms with Crippen LogP contribution in [0.15, 0.2) is 4.99 Å². The number of rotatable bonds is 12. The Labute approximate surface area is 263 Å². The first-order valence-electron chi connectivity index (χ1n) is 14.2. The summed E-state index contributed by atoms with van der Waals surface area (Å²) in [6.07, 6.45) is -20.4. The van der Waals surface area contributed by atoms with Gasteiger partial charge in [0.2, 0.25) is 23.9 Å². The van der Waals surface area contributed by atoms with E-state index in [1.54, 1.807) is 55.4 Å². The smallest absolute Gasteiger partial charge is 0.437 e. The minimum Gasteiger partial charge on any atom is -0.444 e. The molecule has 0 aliphatic heterocycles. The van der Waals surface area contributed by atoms with Crippen molar-refractivity contribution < 1.29 is 64.8 Å². The SMILES string of the molecule is CC(=O)N[C@H](C(=O)N[C@@H](CCCN/C(=N/C(=O)OC(C)(C)C)NC(=O)OC(C)(C)C)C(O)COC(C(F)(F)F)C(F)(F)F)C(C)C. The number of aliphatic imine (C=N–C) groups is 1. The zero-order chi connectivity index (χ0) is 36.3. The van der Waals surface area contributed by atoms with Crippen LogP contribution in [0.2, 0.25) is 0 Å². The van der Waals surface area contributed by atoms with Crippen molar-refractivity contribution in [2.75, 3.05) is 13.2 Å². The van der Waals surface area contributed by atoms with Gasteiger partial charge in [0, 0.05) is 13.5 Å². The van der Waals surface area contributed by atoms with Gasteiger partial charge in [0.15, 0.2) is 0 Å². The maximum absolute atomic E-state index is 13.0. The van der Waals surface area contributed by atoms with Crippen LogP contribution in [0.5, 0.6) is 0 Å². The number of nitrogens with zero attached hydrogens (tertiary/aromatic N) is 1. The summed E-state index contributed by atoms with van der Waals surface area (Å²) >= 11 is 0. The number of halogens is 6. The van der Waals surface area contributed by atoms with Crippen LogP contribution in [0.3, 0.4) is 0 Å². The number of nitrogens with one attached hydrogen (secondary N) is 4. The van der Waals surface area contributed by atoms with E-state index in [2.05, 4.69) is 31.0 Å². The molecule has 4 amide bonds. The van der Waals surface area contributed by atoms with Crippen molar-refractivity contribution in [3.63, 3.8) is 0 Å². The molecule has 3 atom stereocenters. The van der Waals surface area contributed by atoms with Crippen molar-refractivity contribution in [3.05, 3.63) is 0 Å². The van der Waals surface area contributed by atoms with Gasteiger partial charge < -0.3 is 35.3 Å². The molecule has 13 nitrogen and oxygen atoms in total. The average Bonchev–Trinajstić information content (AvgIpc) is 2.79. The molecule has 0 aromatic rings. The molecule has 0 heterocycles. The van der Waals surface area contributed by atoms with E-state index in [1.807, 2.05) is 0 Å². The van der Waals surface area contributed by atoms with E-state index in [9.17, 15) is 50.6 Å². The summed E-state index contributed by atoms with van der Waals surface area (Å²) < 4.78 is 91.9. The largest absolute Gasteiger partial charge is 0.444 e. The number of aliphatic hydroxyl groups excluding tert-OH is 1. The summed E-state index contributed by atoms with van der Waals surface area (Å²) in [7, 11) is 0. The lowest BCUT2D eigenvalue weighted by Crippen LogP contribution is -2.55. The lowest BCUT2D eigenvalue weighted by molar-refractivity contribution is -0.325. The molecule has 0 saturated heterocycles. The number of amides is 4. The summed E-state index contributed by atoms with van der Waals surface area (Å²) in [6, 6.07) is -2.63. The van der Waals surface area contributed by atoms with Gasteiger partial charge in [-0.15, -0.1) is 4.99 Å². The quantitative estimate of drug-likeness (QED) is 0.0890. The number of hydrogen-bond acceptors (Lipinski definition) is 8. The molecule has 0 bridgehead atoms. The van der Waals surface area contributed by atoms with E-state index in [-0.39, 0.29) is 19.4 Å². The molecule has 0 aromatic heterocycles. The summed E-state index contributed by atoms with van der Waals surface area (Å²) in [5.74, 6) is -2.38. The first kappa shape index (κ1) is 42.6. The Balaban J connectivity index is 5.93. The van der Waals surface area contributed by atoms with Crippen LogP contribution in [0, 0.1) is 5.92 Å². The van der Waals surface area contributed by atoms with Crippen molar-refractivity contribution in [2.45, 2.75) is 123 Å². The highest BCUT2D eigenvalue weighted by Gasteiger charge is 2.58. The van der Waals surface area contributed by atoms with Gasteiger partial charge in [-0.1, -0.05) is 13.8 Å². The topological polar surface area (TPSA) is 177 Å². The molecule has 1 unspecified atom stereocenters. The van der Waals surface area contributed by atoms with Crippen LogP contribution < -0.4 is 21.3 Å². The highest BCUT2D eigenvalue weighted by atomic mass is 19.4. The second kappa shape index (κ2) is 17.5. The van der Waals surface area contributed by atoms with E-state index in [0.717, 1.165) is 6.92 Å². The third-order valence-corrected chi connectivity index (χ3v) is 5.33. The number of carbonyl (C=O) groups excluding carboxylic acids is 4. The summed E-state index contributed by atoms with van der Waals surface area (Å²) in [4.78, 5) is 52.6. The fourth-order valence-corrected chi connectivity index (χ4v) is 3.49. The van der Waals surface area contributed by atoms with Crippen LogP contribution in [0.25, 0.3) is 0 Å². The lowest BCUT2D eigenvalue weighted by Gasteiger charge is -2.30. The molecule has 0 fully saturated rings. The minimum absolute atomic E-state index is 0.0696. The Morgan fingerprint density at radius 2 is 1.37 bits per heavy atom. The van der Waals surface area contributed by atoms with Crippen LogP contribution in [-0.2, 0) is 23.8 Å². The Bertz CT molecular complexity index is 1040. The van der Waals surface area contributed by atoms with E-state index in [0.29, 0.717) is 0 Å². The van der Waals surface area contributed by atoms with Crippen molar-refractivity contribution in [3.8, 4) is 0 Å². The van der Waals surface area contributed by atoms with Crippen LogP contribution in [-0.4, -0.2) is 96.1 Å². The van der Waals surface area contributed by atoms with Gasteiger partial charge in [-0.25, -0.2) is 9.59 Å². The van der Waals surface area contributed by atoms with Crippen molar-refractivity contribution in [2.24, 2.45) is 10.9 Å². The average molecular weight is 682 g/mol. The van der Waals surface area contributed by atoms with Gasteiger partial charge in [0.1, 0.15) is 17.2 Å². The van der Waals surface area contributed by atoms with Gasteiger partial charge in [-0.2, -0.15) is 26.3 Å². The van der Waals surface area contributed by atoms with E-state index >= 15 is 0 Å². The maximum atomic E-state index is 13.0. The standard InChI is InChI=1S/C27H45F6N5O8/c1-14(2)18(35-15(3)39)19(41)36-16(17(40)13-44-20(26(28,29)30)27(31,32)33)11-10-12-34-21(37-22(42)45-24(4,5)6)38-23(43)46-25(7,8)9/h14,16-18,20,40H,10-13H2,1-9H3,(H,35,39)(H,36,41)(H2,34,37,38,42,43)/t16-,17?,18-/m0/s1. The summed E-state index contributed by atoms with van der Waals surface area (Å²) in [6.45, 7) is 12.1. The first-order chi connectivity index (χ1) is 20.6. The number of aliphatic hydroxyl groups is 1. The molecule has 0 radical (unpaired) electrons. The molecular weight excluding hydrogens is 636 g/mol. The molecule has 5 N–H and O–H groups in total. The molecule has 0 aliphatic carbocycles. The van der Waals surface area contributed by atoms with Gasteiger partial charge >= 0.3 is 24.5 Å². The van der Waals surface area contributed by atoms with Crippen LogP contribution >= 0.6 is 0 Å². The second-order valence-electron chi connectivity index (χ2n) is 12.5. The monoisotopic (exact) mass is 681 g/mol. The third-order valence-electron chi connectivity index (χ3n) is 5.33. The molecule has 0 saturated carbocycles. The van der Waals surface area contributed by atoms with Crippen molar-refractivity contribution in [1.82, 2.24) is 21.3 Å². The van der Waals surface area contributed by atoms with E-state index < -0.39 is 90.3 Å². The third kappa shape index (κ3) is 18.6. The highest BCUT2D eigenvalue weighted by molar-refractivity contribution is 5.98. The second-order valence-corrected chi connectivity index (χ2v) is 12.5. The molecule has 19 heteroatoms. The Morgan fingerprint density at radius 3 is 1.80 bits per heavy atom. The van der Waals surface area contributed by atoms with E-state index in [4.69, 9.17) is 9.47 Å². The highest BCUT2D eigenvalue weighted by Crippen LogP contribution is 2.35. The predicted octanol–water partition coefficient (Wildman–Crippen LogP) is 3.69. The Morgan fingerprint density at radius 1 is 0.848 bits per heavy atom. The van der Waals surface area contributed by atoms with E-state index in [1.165, 1.54) is 0 Å². The normalized spacial score (nSPS) is 15.1. The minimum atomic E-state index is -5.83. The number of hydrogen-bond donors (Lipinski definition) is 5. The zero-order valence-electron chi connectivity index (χ0n) is 27.2. The van der Waals surface area contributed by atoms with Gasteiger partial charge in [-0.3, -0.25) is 14.9 Å². The Hall–Kier alpha value is -3.35. The van der Waals surface area contributed by atoms with Crippen LogP contribution in [0.4, 0.5) is 35.9 Å². The molecule has 0 spiro atoms. The summed E-state index contributed by atoms with van der Waals surface area (Å²) in [5.41, 5.74) is -1.86. The lowest BCUT2D eigenvalue weighted by atomic mass is 10.0. The molecule has 46 heavy (non-hydrogen) atoms. The number of carbonyl (C=O) groups is 4. The molecule has 268 valence electrons. The summed E-state index contributed by atoms with van der Waals surface area (Å²) in [5, 5.41) is 20.1. The fourth-order valence-electron chi connectivity index (χ4n) is 3.49. The Kier molecular flexibility index (Phi) is 16.3. The van der Waals surface area contributed by atoms with Gasteiger partial charge in [0.05, 0.1) is 18.8 Å². The zero-order valence-corrected chi connectivity index (χ0v) is 27.2. The number of guanidine groups is 1. The molecular formula is C27H45F6N5O8. The molecule has 0 aromatic carbocycles.